The number of hydrogen-bond acceptors (Lipinski definition) is 3. The van der Waals surface area contributed by atoms with Crippen molar-refractivity contribution in [1.82, 2.24) is 0 Å². The maximum atomic E-state index is 12.3. The SMILES string of the molecule is CCOc1cccc(C(=O)Nc2ccc(C(=O)O)cc2C)c1. The van der Waals surface area contributed by atoms with Gasteiger partial charge in [-0.15, -0.1) is 0 Å². The van der Waals surface area contributed by atoms with E-state index in [2.05, 4.69) is 5.32 Å². The van der Waals surface area contributed by atoms with Crippen molar-refractivity contribution in [1.29, 1.82) is 0 Å². The zero-order valence-electron chi connectivity index (χ0n) is 12.4. The summed E-state index contributed by atoms with van der Waals surface area (Å²) in [5.74, 6) is -0.633. The highest BCUT2D eigenvalue weighted by molar-refractivity contribution is 6.05. The van der Waals surface area contributed by atoms with Crippen LogP contribution in [0.3, 0.4) is 0 Å². The van der Waals surface area contributed by atoms with E-state index in [1.54, 1.807) is 37.3 Å². The van der Waals surface area contributed by atoms with Crippen molar-refractivity contribution in [3.8, 4) is 5.75 Å². The molecule has 5 heteroatoms. The first-order valence-corrected chi connectivity index (χ1v) is 6.89. The minimum Gasteiger partial charge on any atom is -0.494 e. The predicted octanol–water partition coefficient (Wildman–Crippen LogP) is 3.34. The van der Waals surface area contributed by atoms with Gasteiger partial charge < -0.3 is 15.2 Å². The van der Waals surface area contributed by atoms with Crippen LogP contribution >= 0.6 is 0 Å². The van der Waals surface area contributed by atoms with Gasteiger partial charge in [-0.2, -0.15) is 0 Å². The lowest BCUT2D eigenvalue weighted by atomic mass is 10.1. The predicted molar refractivity (Wildman–Crippen MR) is 83.7 cm³/mol. The summed E-state index contributed by atoms with van der Waals surface area (Å²) >= 11 is 0. The number of hydrogen-bond donors (Lipinski definition) is 2. The number of aryl methyl sites for hydroxylation is 1. The maximum Gasteiger partial charge on any atom is 0.335 e. The van der Waals surface area contributed by atoms with Crippen molar-refractivity contribution < 1.29 is 19.4 Å². The van der Waals surface area contributed by atoms with Crippen LogP contribution in [0.25, 0.3) is 0 Å². The normalized spacial score (nSPS) is 10.1. The lowest BCUT2D eigenvalue weighted by Crippen LogP contribution is -2.13. The van der Waals surface area contributed by atoms with E-state index in [1.807, 2.05) is 6.92 Å². The standard InChI is InChI=1S/C17H17NO4/c1-3-22-14-6-4-5-12(10-14)16(19)18-15-8-7-13(17(20)21)9-11(15)2/h4-10H,3H2,1-2H3,(H,18,19)(H,20,21). The highest BCUT2D eigenvalue weighted by Crippen LogP contribution is 2.19. The Labute approximate surface area is 128 Å². The van der Waals surface area contributed by atoms with Crippen LogP contribution in [0.2, 0.25) is 0 Å². The van der Waals surface area contributed by atoms with E-state index in [9.17, 15) is 9.59 Å². The average molecular weight is 299 g/mol. The number of aromatic carboxylic acids is 1. The van der Waals surface area contributed by atoms with Gasteiger partial charge in [0.05, 0.1) is 12.2 Å². The fourth-order valence-electron chi connectivity index (χ4n) is 2.03. The molecule has 0 aromatic heterocycles. The third-order valence-corrected chi connectivity index (χ3v) is 3.13. The summed E-state index contributed by atoms with van der Waals surface area (Å²) < 4.78 is 5.37. The first-order chi connectivity index (χ1) is 10.5. The van der Waals surface area contributed by atoms with E-state index in [1.165, 1.54) is 12.1 Å². The first-order valence-electron chi connectivity index (χ1n) is 6.89. The largest absolute Gasteiger partial charge is 0.494 e. The molecule has 0 unspecified atom stereocenters. The van der Waals surface area contributed by atoms with Crippen molar-refractivity contribution in [3.05, 3.63) is 59.2 Å². The number of benzene rings is 2. The third-order valence-electron chi connectivity index (χ3n) is 3.13. The first kappa shape index (κ1) is 15.6. The molecule has 0 bridgehead atoms. The Balaban J connectivity index is 2.18. The maximum absolute atomic E-state index is 12.3. The van der Waals surface area contributed by atoms with Gasteiger partial charge in [0.25, 0.3) is 5.91 Å². The van der Waals surface area contributed by atoms with Crippen molar-refractivity contribution in [3.63, 3.8) is 0 Å². The van der Waals surface area contributed by atoms with Gasteiger partial charge in [-0.1, -0.05) is 6.07 Å². The number of ether oxygens (including phenoxy) is 1. The molecule has 2 aromatic rings. The van der Waals surface area contributed by atoms with Crippen LogP contribution in [0.1, 0.15) is 33.2 Å². The van der Waals surface area contributed by atoms with Crippen LogP contribution in [0.4, 0.5) is 5.69 Å². The van der Waals surface area contributed by atoms with Crippen molar-refractivity contribution in [2.45, 2.75) is 13.8 Å². The minimum absolute atomic E-state index is 0.189. The van der Waals surface area contributed by atoms with E-state index in [4.69, 9.17) is 9.84 Å². The summed E-state index contributed by atoms with van der Waals surface area (Å²) in [5.41, 5.74) is 1.94. The Morgan fingerprint density at radius 2 is 1.91 bits per heavy atom. The molecule has 0 radical (unpaired) electrons. The third kappa shape index (κ3) is 3.63. The highest BCUT2D eigenvalue weighted by atomic mass is 16.5. The Hall–Kier alpha value is -2.82. The van der Waals surface area contributed by atoms with Gasteiger partial charge in [0.2, 0.25) is 0 Å². The lowest BCUT2D eigenvalue weighted by molar-refractivity contribution is 0.0696. The summed E-state index contributed by atoms with van der Waals surface area (Å²) in [6.07, 6.45) is 0. The molecular weight excluding hydrogens is 282 g/mol. The van der Waals surface area contributed by atoms with Crippen LogP contribution in [0.15, 0.2) is 42.5 Å². The average Bonchev–Trinajstić information content (AvgIpc) is 2.49. The number of carbonyl (C=O) groups is 2. The van der Waals surface area contributed by atoms with Crippen LogP contribution in [-0.2, 0) is 0 Å². The summed E-state index contributed by atoms with van der Waals surface area (Å²) in [5, 5.41) is 11.7. The molecule has 5 nitrogen and oxygen atoms in total. The summed E-state index contributed by atoms with van der Waals surface area (Å²) in [4.78, 5) is 23.2. The Bertz CT molecular complexity index is 710. The summed E-state index contributed by atoms with van der Waals surface area (Å²) in [7, 11) is 0. The zero-order chi connectivity index (χ0) is 16.1. The van der Waals surface area contributed by atoms with Gasteiger partial charge in [0.1, 0.15) is 5.75 Å². The number of anilines is 1. The second-order valence-electron chi connectivity index (χ2n) is 4.75. The molecule has 1 amide bonds. The molecule has 0 saturated heterocycles. The van der Waals surface area contributed by atoms with Gasteiger partial charge >= 0.3 is 5.97 Å². The Morgan fingerprint density at radius 1 is 1.14 bits per heavy atom. The van der Waals surface area contributed by atoms with E-state index in [-0.39, 0.29) is 11.5 Å². The van der Waals surface area contributed by atoms with E-state index >= 15 is 0 Å². The van der Waals surface area contributed by atoms with Gasteiger partial charge in [-0.25, -0.2) is 4.79 Å². The molecule has 0 aliphatic rings. The van der Waals surface area contributed by atoms with Crippen molar-refractivity contribution >= 4 is 17.6 Å². The van der Waals surface area contributed by atoms with Gasteiger partial charge in [0, 0.05) is 11.3 Å². The quantitative estimate of drug-likeness (QED) is 0.887. The number of carbonyl (C=O) groups excluding carboxylic acids is 1. The van der Waals surface area contributed by atoms with Crippen LogP contribution in [0.5, 0.6) is 5.75 Å². The van der Waals surface area contributed by atoms with E-state index in [0.717, 1.165) is 0 Å². The Morgan fingerprint density at radius 3 is 2.55 bits per heavy atom. The molecule has 114 valence electrons. The number of amides is 1. The lowest BCUT2D eigenvalue weighted by Gasteiger charge is -2.10. The molecule has 0 saturated carbocycles. The number of rotatable bonds is 5. The summed E-state index contributed by atoms with van der Waals surface area (Å²) in [6, 6.07) is 11.5. The van der Waals surface area contributed by atoms with Crippen molar-refractivity contribution in [2.75, 3.05) is 11.9 Å². The molecule has 0 fully saturated rings. The molecule has 0 spiro atoms. The number of nitrogens with one attached hydrogen (secondary N) is 1. The molecule has 0 heterocycles. The second-order valence-corrected chi connectivity index (χ2v) is 4.75. The molecule has 2 aromatic carbocycles. The monoisotopic (exact) mass is 299 g/mol. The fourth-order valence-corrected chi connectivity index (χ4v) is 2.03. The van der Waals surface area contributed by atoms with E-state index in [0.29, 0.717) is 29.2 Å². The summed E-state index contributed by atoms with van der Waals surface area (Å²) in [6.45, 7) is 4.15. The van der Waals surface area contributed by atoms with Crippen LogP contribution in [-0.4, -0.2) is 23.6 Å². The highest BCUT2D eigenvalue weighted by Gasteiger charge is 2.10. The van der Waals surface area contributed by atoms with E-state index < -0.39 is 5.97 Å². The second kappa shape index (κ2) is 6.76. The van der Waals surface area contributed by atoms with Gasteiger partial charge in [-0.05, 0) is 55.8 Å². The molecule has 0 atom stereocenters. The van der Waals surface area contributed by atoms with Gasteiger partial charge in [0.15, 0.2) is 0 Å². The van der Waals surface area contributed by atoms with Crippen LogP contribution < -0.4 is 10.1 Å². The molecule has 0 aliphatic carbocycles. The molecule has 0 aliphatic heterocycles. The number of carboxylic acids is 1. The molecular formula is C17H17NO4. The topological polar surface area (TPSA) is 75.6 Å². The zero-order valence-corrected chi connectivity index (χ0v) is 12.4. The Kier molecular flexibility index (Phi) is 4.78. The number of carboxylic acid groups (broad SMARTS) is 1. The molecule has 2 N–H and O–H groups in total. The minimum atomic E-state index is -0.995. The van der Waals surface area contributed by atoms with Crippen LogP contribution in [0, 0.1) is 6.92 Å². The molecule has 2 rings (SSSR count). The smallest absolute Gasteiger partial charge is 0.335 e. The fraction of sp³-hybridized carbons (Fsp3) is 0.176. The van der Waals surface area contributed by atoms with Gasteiger partial charge in [-0.3, -0.25) is 4.79 Å². The van der Waals surface area contributed by atoms with Crippen molar-refractivity contribution in [2.24, 2.45) is 0 Å². The molecule has 22 heavy (non-hydrogen) atoms.